The Morgan fingerprint density at radius 2 is 2.04 bits per heavy atom. The molecule has 0 aliphatic heterocycles. The average molecular weight is 476 g/mol. The van der Waals surface area contributed by atoms with Crippen LogP contribution in [0.25, 0.3) is 0 Å². The SMILES string of the molecule is CCNC(=NCc1ccnc(OC)c1)NCC1(CCOC)CCCC1.I. The highest BCUT2D eigenvalue weighted by Gasteiger charge is 2.33. The van der Waals surface area contributed by atoms with Crippen LogP contribution in [0, 0.1) is 5.41 Å². The lowest BCUT2D eigenvalue weighted by Crippen LogP contribution is -2.43. The van der Waals surface area contributed by atoms with E-state index in [4.69, 9.17) is 14.5 Å². The minimum atomic E-state index is 0. The van der Waals surface area contributed by atoms with Gasteiger partial charge in [0.15, 0.2) is 5.96 Å². The number of nitrogens with one attached hydrogen (secondary N) is 2. The van der Waals surface area contributed by atoms with Crippen molar-refractivity contribution >= 4 is 29.9 Å². The maximum absolute atomic E-state index is 5.32. The molecule has 148 valence electrons. The number of hydrogen-bond donors (Lipinski definition) is 2. The first-order valence-electron chi connectivity index (χ1n) is 9.21. The van der Waals surface area contributed by atoms with Crippen molar-refractivity contribution in [2.75, 3.05) is 33.9 Å². The molecule has 1 aliphatic carbocycles. The second-order valence-corrected chi connectivity index (χ2v) is 6.71. The summed E-state index contributed by atoms with van der Waals surface area (Å²) in [5.41, 5.74) is 1.42. The molecule has 1 aromatic rings. The van der Waals surface area contributed by atoms with E-state index >= 15 is 0 Å². The Balaban J connectivity index is 0.00000338. The zero-order valence-corrected chi connectivity index (χ0v) is 18.5. The molecular formula is C19H33IN4O2. The van der Waals surface area contributed by atoms with E-state index in [0.717, 1.165) is 37.6 Å². The Morgan fingerprint density at radius 1 is 1.27 bits per heavy atom. The number of hydrogen-bond acceptors (Lipinski definition) is 4. The number of guanidine groups is 1. The lowest BCUT2D eigenvalue weighted by molar-refractivity contribution is 0.138. The fraction of sp³-hybridized carbons (Fsp3) is 0.684. The van der Waals surface area contributed by atoms with E-state index in [1.165, 1.54) is 25.7 Å². The van der Waals surface area contributed by atoms with Crippen LogP contribution >= 0.6 is 24.0 Å². The predicted octanol–water partition coefficient (Wildman–Crippen LogP) is 3.36. The topological polar surface area (TPSA) is 67.8 Å². The quantitative estimate of drug-likeness (QED) is 0.325. The molecule has 0 amide bonds. The largest absolute Gasteiger partial charge is 0.481 e. The molecule has 0 spiro atoms. The van der Waals surface area contributed by atoms with Crippen molar-refractivity contribution in [2.45, 2.75) is 45.6 Å². The molecule has 1 aliphatic rings. The smallest absolute Gasteiger partial charge is 0.213 e. The molecule has 1 fully saturated rings. The van der Waals surface area contributed by atoms with Crippen LogP contribution < -0.4 is 15.4 Å². The minimum absolute atomic E-state index is 0. The molecule has 1 aromatic heterocycles. The summed E-state index contributed by atoms with van der Waals surface area (Å²) in [5.74, 6) is 1.48. The van der Waals surface area contributed by atoms with Gasteiger partial charge in [0.05, 0.1) is 13.7 Å². The molecule has 0 radical (unpaired) electrons. The Labute approximate surface area is 174 Å². The number of pyridine rings is 1. The highest BCUT2D eigenvalue weighted by Crippen LogP contribution is 2.40. The van der Waals surface area contributed by atoms with Crippen LogP contribution in [-0.4, -0.2) is 44.9 Å². The molecule has 2 N–H and O–H groups in total. The van der Waals surface area contributed by atoms with Gasteiger partial charge in [-0.2, -0.15) is 0 Å². The molecule has 0 aromatic carbocycles. The van der Waals surface area contributed by atoms with E-state index in [0.29, 0.717) is 17.8 Å². The summed E-state index contributed by atoms with van der Waals surface area (Å²) in [6.45, 7) is 5.30. The number of methoxy groups -OCH3 is 2. The molecule has 2 rings (SSSR count). The lowest BCUT2D eigenvalue weighted by atomic mass is 9.83. The van der Waals surface area contributed by atoms with Gasteiger partial charge in [-0.3, -0.25) is 0 Å². The third-order valence-electron chi connectivity index (χ3n) is 4.90. The average Bonchev–Trinajstić information content (AvgIpc) is 3.11. The second kappa shape index (κ2) is 12.3. The number of aliphatic imine (C=N–C) groups is 1. The van der Waals surface area contributed by atoms with Crippen LogP contribution in [0.2, 0.25) is 0 Å². The van der Waals surface area contributed by atoms with Gasteiger partial charge in [-0.15, -0.1) is 24.0 Å². The van der Waals surface area contributed by atoms with Crippen molar-refractivity contribution in [1.82, 2.24) is 15.6 Å². The summed E-state index contributed by atoms with van der Waals surface area (Å²) >= 11 is 0. The fourth-order valence-electron chi connectivity index (χ4n) is 3.40. The van der Waals surface area contributed by atoms with E-state index in [9.17, 15) is 0 Å². The van der Waals surface area contributed by atoms with Gasteiger partial charge in [-0.25, -0.2) is 9.98 Å². The van der Waals surface area contributed by atoms with Gasteiger partial charge in [0.1, 0.15) is 0 Å². The van der Waals surface area contributed by atoms with Crippen molar-refractivity contribution in [3.05, 3.63) is 23.9 Å². The standard InChI is InChI=1S/C19H32N4O2.HI/c1-4-20-18(22-14-16-7-11-21-17(13-16)25-3)23-15-19(10-12-24-2)8-5-6-9-19;/h7,11,13H,4-6,8-10,12,14-15H2,1-3H3,(H2,20,22,23);1H. The van der Waals surface area contributed by atoms with Crippen LogP contribution in [0.3, 0.4) is 0 Å². The summed E-state index contributed by atoms with van der Waals surface area (Å²) in [5, 5.41) is 6.89. The first-order valence-corrected chi connectivity index (χ1v) is 9.21. The number of aromatic nitrogens is 1. The molecule has 7 heteroatoms. The number of halogens is 1. The third kappa shape index (κ3) is 7.26. The molecule has 26 heavy (non-hydrogen) atoms. The summed E-state index contributed by atoms with van der Waals surface area (Å²) in [4.78, 5) is 8.85. The minimum Gasteiger partial charge on any atom is -0.481 e. The zero-order valence-electron chi connectivity index (χ0n) is 16.2. The highest BCUT2D eigenvalue weighted by molar-refractivity contribution is 14.0. The van der Waals surface area contributed by atoms with Gasteiger partial charge in [0.2, 0.25) is 5.88 Å². The van der Waals surface area contributed by atoms with Gasteiger partial charge < -0.3 is 20.1 Å². The van der Waals surface area contributed by atoms with Gasteiger partial charge in [0, 0.05) is 39.1 Å². The maximum Gasteiger partial charge on any atom is 0.213 e. The number of ether oxygens (including phenoxy) is 2. The molecule has 0 unspecified atom stereocenters. The summed E-state index contributed by atoms with van der Waals surface area (Å²) in [7, 11) is 3.41. The predicted molar refractivity (Wildman–Crippen MR) is 116 cm³/mol. The van der Waals surface area contributed by atoms with Crippen LogP contribution in [0.1, 0.15) is 44.6 Å². The Bertz CT molecular complexity index is 548. The van der Waals surface area contributed by atoms with Crippen LogP contribution in [0.15, 0.2) is 23.3 Å². The Hall–Kier alpha value is -1.09. The highest BCUT2D eigenvalue weighted by atomic mass is 127. The van der Waals surface area contributed by atoms with E-state index in [1.807, 2.05) is 12.1 Å². The Morgan fingerprint density at radius 3 is 2.69 bits per heavy atom. The van der Waals surface area contributed by atoms with E-state index in [2.05, 4.69) is 22.5 Å². The van der Waals surface area contributed by atoms with Crippen molar-refractivity contribution in [3.8, 4) is 5.88 Å². The van der Waals surface area contributed by atoms with Crippen LogP contribution in [0.4, 0.5) is 0 Å². The van der Waals surface area contributed by atoms with Crippen molar-refractivity contribution < 1.29 is 9.47 Å². The van der Waals surface area contributed by atoms with Crippen LogP contribution in [0.5, 0.6) is 5.88 Å². The Kier molecular flexibility index (Phi) is 10.9. The van der Waals surface area contributed by atoms with Crippen molar-refractivity contribution in [1.29, 1.82) is 0 Å². The van der Waals surface area contributed by atoms with Crippen LogP contribution in [-0.2, 0) is 11.3 Å². The second-order valence-electron chi connectivity index (χ2n) is 6.71. The first-order chi connectivity index (χ1) is 12.2. The molecule has 1 saturated carbocycles. The third-order valence-corrected chi connectivity index (χ3v) is 4.90. The van der Waals surface area contributed by atoms with Gasteiger partial charge in [-0.05, 0) is 43.2 Å². The summed E-state index contributed by atoms with van der Waals surface area (Å²) in [6, 6.07) is 3.89. The van der Waals surface area contributed by atoms with Crippen molar-refractivity contribution in [2.24, 2.45) is 10.4 Å². The molecule has 0 bridgehead atoms. The van der Waals surface area contributed by atoms with Gasteiger partial charge in [-0.1, -0.05) is 12.8 Å². The molecule has 0 saturated heterocycles. The molecule has 1 heterocycles. The van der Waals surface area contributed by atoms with Gasteiger partial charge >= 0.3 is 0 Å². The maximum atomic E-state index is 5.32. The normalized spacial score (nSPS) is 16.0. The lowest BCUT2D eigenvalue weighted by Gasteiger charge is -2.30. The van der Waals surface area contributed by atoms with Gasteiger partial charge in [0.25, 0.3) is 0 Å². The van der Waals surface area contributed by atoms with Crippen molar-refractivity contribution in [3.63, 3.8) is 0 Å². The van der Waals surface area contributed by atoms with E-state index < -0.39 is 0 Å². The fourth-order valence-corrected chi connectivity index (χ4v) is 3.40. The number of nitrogens with zero attached hydrogens (tertiary/aromatic N) is 2. The monoisotopic (exact) mass is 476 g/mol. The zero-order chi connectivity index (χ0) is 18.0. The molecule has 0 atom stereocenters. The van der Waals surface area contributed by atoms with E-state index in [-0.39, 0.29) is 24.0 Å². The summed E-state index contributed by atoms with van der Waals surface area (Å²) < 4.78 is 10.5. The first kappa shape index (κ1) is 23.0. The molecular weight excluding hydrogens is 443 g/mol. The summed E-state index contributed by atoms with van der Waals surface area (Å²) in [6.07, 6.45) is 8.03. The molecule has 6 nitrogen and oxygen atoms in total. The number of rotatable bonds is 9. The van der Waals surface area contributed by atoms with E-state index in [1.54, 1.807) is 20.4 Å².